The quantitative estimate of drug-likeness (QED) is 0.287. The predicted octanol–water partition coefficient (Wildman–Crippen LogP) is 4.53. The van der Waals surface area contributed by atoms with Crippen molar-refractivity contribution in [1.82, 2.24) is 14.8 Å². The highest BCUT2D eigenvalue weighted by atomic mass is 16.6. The molecule has 1 amide bonds. The molecular formula is C27H24N4O4. The molecule has 4 aromatic rings. The number of esters is 1. The molecule has 1 N–H and O–H groups in total. The van der Waals surface area contributed by atoms with Crippen LogP contribution in [-0.4, -0.2) is 39.9 Å². The van der Waals surface area contributed by atoms with Crippen LogP contribution in [0.25, 0.3) is 23.0 Å². The highest BCUT2D eigenvalue weighted by molar-refractivity contribution is 6.02. The zero-order valence-electron chi connectivity index (χ0n) is 19.1. The van der Waals surface area contributed by atoms with Gasteiger partial charge < -0.3 is 14.8 Å². The Balaban J connectivity index is 1.49. The maximum absolute atomic E-state index is 12.6. The maximum atomic E-state index is 12.6. The Kier molecular flexibility index (Phi) is 7.65. The Bertz CT molecular complexity index is 1320. The number of amides is 1. The molecule has 0 bridgehead atoms. The number of pyridine rings is 1. The number of aromatic nitrogens is 3. The monoisotopic (exact) mass is 468 g/mol. The van der Waals surface area contributed by atoms with Gasteiger partial charge in [-0.25, -0.2) is 9.48 Å². The molecule has 2 aromatic carbocycles. The Labute approximate surface area is 202 Å². The number of carbonyl (C=O) groups is 2. The van der Waals surface area contributed by atoms with E-state index in [9.17, 15) is 9.59 Å². The minimum Gasteiger partial charge on any atom is -0.482 e. The number of para-hydroxylation sites is 1. The van der Waals surface area contributed by atoms with Crippen molar-refractivity contribution < 1.29 is 19.1 Å². The van der Waals surface area contributed by atoms with Crippen LogP contribution < -0.4 is 10.1 Å². The molecule has 2 aromatic heterocycles. The molecular weight excluding hydrogens is 444 g/mol. The zero-order chi connectivity index (χ0) is 24.5. The molecule has 0 saturated heterocycles. The van der Waals surface area contributed by atoms with Crippen LogP contribution in [-0.2, 0) is 14.3 Å². The van der Waals surface area contributed by atoms with E-state index in [0.29, 0.717) is 17.1 Å². The number of nitrogens with one attached hydrogen (secondary N) is 1. The van der Waals surface area contributed by atoms with E-state index in [2.05, 4.69) is 10.3 Å². The van der Waals surface area contributed by atoms with Crippen LogP contribution >= 0.6 is 0 Å². The van der Waals surface area contributed by atoms with Gasteiger partial charge in [0.2, 0.25) is 5.91 Å². The minimum atomic E-state index is -0.453. The van der Waals surface area contributed by atoms with E-state index in [1.807, 2.05) is 48.7 Å². The molecule has 0 aliphatic heterocycles. The van der Waals surface area contributed by atoms with Gasteiger partial charge in [0.25, 0.3) is 0 Å². The van der Waals surface area contributed by atoms with Gasteiger partial charge in [-0.1, -0.05) is 24.3 Å². The summed E-state index contributed by atoms with van der Waals surface area (Å²) in [5.41, 5.74) is 3.76. The lowest BCUT2D eigenvalue weighted by Gasteiger charge is -2.08. The summed E-state index contributed by atoms with van der Waals surface area (Å²) in [5, 5.41) is 7.51. The Morgan fingerprint density at radius 3 is 2.69 bits per heavy atom. The number of hydrogen-bond acceptors (Lipinski definition) is 6. The van der Waals surface area contributed by atoms with E-state index < -0.39 is 5.97 Å². The Morgan fingerprint density at radius 1 is 1.06 bits per heavy atom. The smallest absolute Gasteiger partial charge is 0.344 e. The Hall–Kier alpha value is -4.72. The molecule has 35 heavy (non-hydrogen) atoms. The lowest BCUT2D eigenvalue weighted by atomic mass is 10.1. The normalized spacial score (nSPS) is 10.8. The second-order valence-corrected chi connectivity index (χ2v) is 7.40. The molecule has 0 radical (unpaired) electrons. The summed E-state index contributed by atoms with van der Waals surface area (Å²) >= 11 is 0. The van der Waals surface area contributed by atoms with Gasteiger partial charge in [0.15, 0.2) is 6.61 Å². The van der Waals surface area contributed by atoms with E-state index in [0.717, 1.165) is 16.8 Å². The number of rotatable bonds is 9. The van der Waals surface area contributed by atoms with Gasteiger partial charge in [-0.3, -0.25) is 9.78 Å². The molecule has 0 aliphatic carbocycles. The van der Waals surface area contributed by atoms with Crippen LogP contribution in [0.2, 0.25) is 0 Å². The summed E-state index contributed by atoms with van der Waals surface area (Å²) in [6, 6.07) is 20.3. The average Bonchev–Trinajstić information content (AvgIpc) is 3.32. The number of ether oxygens (including phenoxy) is 2. The second-order valence-electron chi connectivity index (χ2n) is 7.40. The maximum Gasteiger partial charge on any atom is 0.344 e. The van der Waals surface area contributed by atoms with Crippen LogP contribution in [0.3, 0.4) is 0 Å². The fourth-order valence-corrected chi connectivity index (χ4v) is 3.31. The minimum absolute atomic E-state index is 0.201. The average molecular weight is 469 g/mol. The van der Waals surface area contributed by atoms with Crippen molar-refractivity contribution >= 4 is 23.6 Å². The molecule has 176 valence electrons. The van der Waals surface area contributed by atoms with Crippen molar-refractivity contribution in [2.75, 3.05) is 18.5 Å². The zero-order valence-corrected chi connectivity index (χ0v) is 19.1. The van der Waals surface area contributed by atoms with Crippen LogP contribution in [0.4, 0.5) is 5.69 Å². The molecule has 0 unspecified atom stereocenters. The van der Waals surface area contributed by atoms with Gasteiger partial charge >= 0.3 is 5.97 Å². The third-order valence-electron chi connectivity index (χ3n) is 4.88. The van der Waals surface area contributed by atoms with E-state index in [1.165, 1.54) is 6.08 Å². The molecule has 8 heteroatoms. The van der Waals surface area contributed by atoms with Crippen molar-refractivity contribution in [3.05, 3.63) is 97.0 Å². The molecule has 0 saturated carbocycles. The molecule has 4 rings (SSSR count). The van der Waals surface area contributed by atoms with E-state index in [4.69, 9.17) is 14.6 Å². The first-order valence-electron chi connectivity index (χ1n) is 11.1. The molecule has 0 atom stereocenters. The van der Waals surface area contributed by atoms with Crippen LogP contribution in [0.1, 0.15) is 12.5 Å². The van der Waals surface area contributed by atoms with Crippen LogP contribution in [0.15, 0.2) is 91.4 Å². The fraction of sp³-hybridized carbons (Fsp3) is 0.111. The number of carbonyl (C=O) groups excluding carboxylic acids is 2. The second kappa shape index (κ2) is 11.4. The SMILES string of the molecule is CCOC(=O)COc1cccc(NC(=O)/C=C/c2cn(-c3ccccc3)nc2-c2cccnc2)c1. The van der Waals surface area contributed by atoms with Crippen molar-refractivity contribution in [2.24, 2.45) is 0 Å². The summed E-state index contributed by atoms with van der Waals surface area (Å²) in [6.07, 6.45) is 8.46. The van der Waals surface area contributed by atoms with Crippen molar-refractivity contribution in [2.45, 2.75) is 6.92 Å². The van der Waals surface area contributed by atoms with E-state index >= 15 is 0 Å². The standard InChI is InChI=1S/C27H24N4O4/c1-2-34-26(33)19-35-24-12-6-9-22(16-24)29-25(32)14-13-21-18-31(23-10-4-3-5-11-23)30-27(21)20-8-7-15-28-17-20/h3-18H,2,19H2,1H3,(H,29,32)/b14-13+. The molecule has 8 nitrogen and oxygen atoms in total. The van der Waals surface area contributed by atoms with Crippen molar-refractivity contribution in [3.8, 4) is 22.7 Å². The number of hydrogen-bond donors (Lipinski definition) is 1. The van der Waals surface area contributed by atoms with Gasteiger partial charge in [-0.15, -0.1) is 0 Å². The fourth-order valence-electron chi connectivity index (χ4n) is 3.31. The lowest BCUT2D eigenvalue weighted by molar-refractivity contribution is -0.145. The van der Waals surface area contributed by atoms with Crippen molar-refractivity contribution in [1.29, 1.82) is 0 Å². The summed E-state index contributed by atoms with van der Waals surface area (Å²) < 4.78 is 12.0. The van der Waals surface area contributed by atoms with Gasteiger partial charge in [0.05, 0.1) is 12.3 Å². The first-order chi connectivity index (χ1) is 17.1. The van der Waals surface area contributed by atoms with Gasteiger partial charge in [0, 0.05) is 47.5 Å². The molecule has 0 aliphatic rings. The van der Waals surface area contributed by atoms with E-state index in [-0.39, 0.29) is 19.1 Å². The van der Waals surface area contributed by atoms with Crippen molar-refractivity contribution in [3.63, 3.8) is 0 Å². The summed E-state index contributed by atoms with van der Waals surface area (Å²) in [7, 11) is 0. The molecule has 0 spiro atoms. The first kappa shape index (κ1) is 23.4. The topological polar surface area (TPSA) is 95.3 Å². The summed E-state index contributed by atoms with van der Waals surface area (Å²) in [5.74, 6) is -0.328. The van der Waals surface area contributed by atoms with Gasteiger partial charge in [-0.2, -0.15) is 5.10 Å². The highest BCUT2D eigenvalue weighted by Crippen LogP contribution is 2.24. The first-order valence-corrected chi connectivity index (χ1v) is 11.1. The van der Waals surface area contributed by atoms with Crippen LogP contribution in [0.5, 0.6) is 5.75 Å². The van der Waals surface area contributed by atoms with Gasteiger partial charge in [0.1, 0.15) is 11.4 Å². The predicted molar refractivity (Wildman–Crippen MR) is 133 cm³/mol. The summed E-state index contributed by atoms with van der Waals surface area (Å²) in [6.45, 7) is 1.82. The largest absolute Gasteiger partial charge is 0.482 e. The van der Waals surface area contributed by atoms with Crippen LogP contribution in [0, 0.1) is 0 Å². The number of benzene rings is 2. The summed E-state index contributed by atoms with van der Waals surface area (Å²) in [4.78, 5) is 28.3. The number of anilines is 1. The molecule has 0 fully saturated rings. The van der Waals surface area contributed by atoms with E-state index in [1.54, 1.807) is 54.3 Å². The van der Waals surface area contributed by atoms with Gasteiger partial charge in [-0.05, 0) is 49.4 Å². The highest BCUT2D eigenvalue weighted by Gasteiger charge is 2.11. The Morgan fingerprint density at radius 2 is 1.91 bits per heavy atom. The molecule has 2 heterocycles. The third-order valence-corrected chi connectivity index (χ3v) is 4.88. The number of nitrogens with zero attached hydrogens (tertiary/aromatic N) is 3. The third kappa shape index (κ3) is 6.42. The lowest BCUT2D eigenvalue weighted by Crippen LogP contribution is -2.14.